The van der Waals surface area contributed by atoms with E-state index in [0.29, 0.717) is 28.8 Å². The quantitative estimate of drug-likeness (QED) is 0.257. The van der Waals surface area contributed by atoms with Crippen LogP contribution in [0.4, 0.5) is 17.6 Å². The van der Waals surface area contributed by atoms with Crippen LogP contribution in [0.2, 0.25) is 0 Å². The van der Waals surface area contributed by atoms with Gasteiger partial charge in [0.25, 0.3) is 0 Å². The zero-order chi connectivity index (χ0) is 25.3. The summed E-state index contributed by atoms with van der Waals surface area (Å²) >= 11 is 1.14. The van der Waals surface area contributed by atoms with Crippen molar-refractivity contribution >= 4 is 22.7 Å². The average molecular weight is 515 g/mol. The van der Waals surface area contributed by atoms with Gasteiger partial charge in [0, 0.05) is 48.2 Å². The van der Waals surface area contributed by atoms with Gasteiger partial charge in [-0.1, -0.05) is 6.07 Å². The van der Waals surface area contributed by atoms with Gasteiger partial charge in [0.2, 0.25) is 0 Å². The van der Waals surface area contributed by atoms with Gasteiger partial charge in [-0.15, -0.1) is 10.2 Å². The Morgan fingerprint density at radius 2 is 1.94 bits per heavy atom. The van der Waals surface area contributed by atoms with Crippen LogP contribution in [0.15, 0.2) is 71.2 Å². The number of hydrogen-bond acceptors (Lipinski definition) is 4. The van der Waals surface area contributed by atoms with Crippen molar-refractivity contribution in [1.82, 2.24) is 29.3 Å². The molecule has 11 heteroatoms. The van der Waals surface area contributed by atoms with Crippen LogP contribution < -0.4 is 0 Å². The molecular formula is C25H22F4N6S. The number of rotatable bonds is 8. The number of aryl methyl sites for hydroxylation is 2. The lowest BCUT2D eigenvalue weighted by atomic mass is 10.1. The molecular weight excluding hydrogens is 492 g/mol. The molecule has 186 valence electrons. The number of fused-ring (bicyclic) bond motifs is 1. The molecule has 0 fully saturated rings. The van der Waals surface area contributed by atoms with E-state index in [2.05, 4.69) is 20.2 Å². The molecule has 0 bridgehead atoms. The van der Waals surface area contributed by atoms with E-state index in [4.69, 9.17) is 0 Å². The van der Waals surface area contributed by atoms with Gasteiger partial charge in [-0.25, -0.2) is 9.37 Å². The van der Waals surface area contributed by atoms with Gasteiger partial charge in [0.1, 0.15) is 11.6 Å². The molecule has 0 atom stereocenters. The van der Waals surface area contributed by atoms with E-state index < -0.39 is 11.7 Å². The zero-order valence-corrected chi connectivity index (χ0v) is 20.1. The van der Waals surface area contributed by atoms with Crippen LogP contribution in [0.1, 0.15) is 29.1 Å². The summed E-state index contributed by atoms with van der Waals surface area (Å²) in [5.41, 5.74) is 1.91. The first-order valence-corrected chi connectivity index (χ1v) is 12.1. The fraction of sp³-hybridized carbons (Fsp3) is 0.240. The number of aromatic amines is 1. The molecule has 0 aliphatic carbocycles. The molecule has 3 aromatic heterocycles. The third-order valence-electron chi connectivity index (χ3n) is 5.81. The van der Waals surface area contributed by atoms with Crippen molar-refractivity contribution in [3.05, 3.63) is 89.6 Å². The number of halogens is 4. The lowest BCUT2D eigenvalue weighted by molar-refractivity contribution is -0.137. The third kappa shape index (κ3) is 5.30. The maximum atomic E-state index is 13.9. The molecule has 6 nitrogen and oxygen atoms in total. The Bertz CT molecular complexity index is 1500. The van der Waals surface area contributed by atoms with Crippen LogP contribution >= 0.6 is 11.8 Å². The van der Waals surface area contributed by atoms with Gasteiger partial charge in [0.05, 0.1) is 17.6 Å². The first-order valence-electron chi connectivity index (χ1n) is 11.3. The summed E-state index contributed by atoms with van der Waals surface area (Å²) in [7, 11) is 1.90. The van der Waals surface area contributed by atoms with Gasteiger partial charge >= 0.3 is 6.18 Å². The summed E-state index contributed by atoms with van der Waals surface area (Å²) < 4.78 is 57.3. The summed E-state index contributed by atoms with van der Waals surface area (Å²) in [4.78, 5) is 7.92. The van der Waals surface area contributed by atoms with Crippen LogP contribution in [0, 0.1) is 5.82 Å². The minimum absolute atomic E-state index is 0.332. The second-order valence-corrected chi connectivity index (χ2v) is 9.53. The molecule has 1 N–H and O–H groups in total. The number of nitrogens with zero attached hydrogens (tertiary/aromatic N) is 5. The van der Waals surface area contributed by atoms with Crippen LogP contribution in [0.25, 0.3) is 10.9 Å². The van der Waals surface area contributed by atoms with Crippen LogP contribution in [0.5, 0.6) is 0 Å². The number of hydrogen-bond donors (Lipinski definition) is 1. The molecule has 0 aliphatic heterocycles. The Kier molecular flexibility index (Phi) is 6.57. The Morgan fingerprint density at radius 1 is 1.08 bits per heavy atom. The Morgan fingerprint density at radius 3 is 2.72 bits per heavy atom. The first-order chi connectivity index (χ1) is 17.3. The standard InChI is InChI=1S/C25H22F4N6S/c1-34-14-19(31-15-34)5-3-9-35-23(10-16-13-30-22-8-7-18(26)12-21(16)22)32-33-24(35)36-20-6-2-4-17(11-20)25(27,28)29/h2,4,6-8,11-15,30H,3,5,9-10H2,1H3. The largest absolute Gasteiger partial charge is 0.416 e. The summed E-state index contributed by atoms with van der Waals surface area (Å²) in [5, 5.41) is 9.91. The fourth-order valence-corrected chi connectivity index (χ4v) is 5.00. The van der Waals surface area contributed by atoms with Gasteiger partial charge in [-0.05, 0) is 66.6 Å². The molecule has 0 saturated carbocycles. The fourth-order valence-electron chi connectivity index (χ4n) is 4.07. The molecule has 0 amide bonds. The highest BCUT2D eigenvalue weighted by Gasteiger charge is 2.30. The SMILES string of the molecule is Cn1cnc(CCCn2c(Cc3c[nH]c4ccc(F)cc34)nnc2Sc2cccc(C(F)(F)F)c2)c1. The molecule has 0 spiro atoms. The summed E-state index contributed by atoms with van der Waals surface area (Å²) in [6.45, 7) is 0.552. The van der Waals surface area contributed by atoms with E-state index in [0.717, 1.165) is 58.9 Å². The molecule has 0 saturated heterocycles. The van der Waals surface area contributed by atoms with Gasteiger partial charge in [-0.3, -0.25) is 0 Å². The molecule has 5 aromatic rings. The van der Waals surface area contributed by atoms with E-state index in [-0.39, 0.29) is 5.82 Å². The Hall–Kier alpha value is -3.60. The van der Waals surface area contributed by atoms with Crippen molar-refractivity contribution < 1.29 is 17.6 Å². The lowest BCUT2D eigenvalue weighted by Crippen LogP contribution is -2.08. The monoisotopic (exact) mass is 514 g/mol. The minimum atomic E-state index is -4.43. The van der Waals surface area contributed by atoms with E-state index in [1.807, 2.05) is 28.6 Å². The normalized spacial score (nSPS) is 12.0. The van der Waals surface area contributed by atoms with Crippen molar-refractivity contribution in [3.8, 4) is 0 Å². The van der Waals surface area contributed by atoms with Gasteiger partial charge in [0.15, 0.2) is 5.16 Å². The number of benzene rings is 2. The lowest BCUT2D eigenvalue weighted by Gasteiger charge is -2.11. The number of imidazole rings is 1. The van der Waals surface area contributed by atoms with E-state index in [1.54, 1.807) is 18.5 Å². The van der Waals surface area contributed by atoms with Crippen molar-refractivity contribution in [2.24, 2.45) is 7.05 Å². The third-order valence-corrected chi connectivity index (χ3v) is 6.79. The average Bonchev–Trinajstić information content (AvgIpc) is 3.54. The first kappa shape index (κ1) is 24.1. The van der Waals surface area contributed by atoms with Crippen molar-refractivity contribution in [2.45, 2.75) is 42.0 Å². The highest BCUT2D eigenvalue weighted by molar-refractivity contribution is 7.99. The maximum absolute atomic E-state index is 13.9. The number of H-pyrrole nitrogens is 1. The molecule has 2 aromatic carbocycles. The second kappa shape index (κ2) is 9.81. The smallest absolute Gasteiger partial charge is 0.361 e. The molecule has 5 rings (SSSR count). The number of nitrogens with one attached hydrogen (secondary N) is 1. The van der Waals surface area contributed by atoms with E-state index >= 15 is 0 Å². The van der Waals surface area contributed by atoms with Crippen molar-refractivity contribution in [1.29, 1.82) is 0 Å². The Balaban J connectivity index is 1.43. The molecule has 0 unspecified atom stereocenters. The van der Waals surface area contributed by atoms with Crippen molar-refractivity contribution in [2.75, 3.05) is 0 Å². The highest BCUT2D eigenvalue weighted by atomic mass is 32.2. The zero-order valence-electron chi connectivity index (χ0n) is 19.3. The Labute approximate surface area is 208 Å². The minimum Gasteiger partial charge on any atom is -0.361 e. The van der Waals surface area contributed by atoms with Crippen LogP contribution in [-0.2, 0) is 32.6 Å². The topological polar surface area (TPSA) is 64.3 Å². The predicted molar refractivity (Wildman–Crippen MR) is 128 cm³/mol. The molecule has 3 heterocycles. The molecule has 0 radical (unpaired) electrons. The molecule has 36 heavy (non-hydrogen) atoms. The predicted octanol–water partition coefficient (Wildman–Crippen LogP) is 6.03. The number of alkyl halides is 3. The van der Waals surface area contributed by atoms with Gasteiger partial charge in [-0.2, -0.15) is 13.2 Å². The molecule has 0 aliphatic rings. The van der Waals surface area contributed by atoms with Crippen LogP contribution in [-0.4, -0.2) is 29.3 Å². The van der Waals surface area contributed by atoms with Gasteiger partial charge < -0.3 is 14.1 Å². The van der Waals surface area contributed by atoms with E-state index in [9.17, 15) is 17.6 Å². The van der Waals surface area contributed by atoms with Crippen LogP contribution in [0.3, 0.4) is 0 Å². The summed E-state index contributed by atoms with van der Waals surface area (Å²) in [5.74, 6) is 0.316. The summed E-state index contributed by atoms with van der Waals surface area (Å²) in [6, 6.07) is 9.71. The highest BCUT2D eigenvalue weighted by Crippen LogP contribution is 2.34. The second-order valence-electron chi connectivity index (χ2n) is 8.49. The van der Waals surface area contributed by atoms with E-state index in [1.165, 1.54) is 18.2 Å². The maximum Gasteiger partial charge on any atom is 0.416 e. The number of aromatic nitrogens is 6. The summed E-state index contributed by atoms with van der Waals surface area (Å²) in [6.07, 6.45) is 2.93. The van der Waals surface area contributed by atoms with Crippen molar-refractivity contribution in [3.63, 3.8) is 0 Å².